The highest BCUT2D eigenvalue weighted by Gasteiger charge is 2.12. The van der Waals surface area contributed by atoms with Crippen LogP contribution in [0.1, 0.15) is 10.6 Å². The third kappa shape index (κ3) is 2.03. The fourth-order valence-electron chi connectivity index (χ4n) is 1.74. The second kappa shape index (κ2) is 4.49. The summed E-state index contributed by atoms with van der Waals surface area (Å²) < 4.78 is 6.00. The van der Waals surface area contributed by atoms with E-state index in [4.69, 9.17) is 0 Å². The fraction of sp³-hybridized carbons (Fsp3) is 0.0769. The summed E-state index contributed by atoms with van der Waals surface area (Å²) in [6.07, 6.45) is 1.43. The van der Waals surface area contributed by atoms with Crippen LogP contribution in [-0.2, 0) is 4.74 Å². The minimum atomic E-state index is -0.570. The normalized spacial score (nSPS) is 10.6. The molecule has 0 unspecified atom stereocenters. The molecule has 0 atom stereocenters. The van der Waals surface area contributed by atoms with Gasteiger partial charge in [0, 0.05) is 5.39 Å². The van der Waals surface area contributed by atoms with Gasteiger partial charge < -0.3 is 4.74 Å². The van der Waals surface area contributed by atoms with Crippen LogP contribution in [-0.4, -0.2) is 32.8 Å². The van der Waals surface area contributed by atoms with Gasteiger partial charge in [0.2, 0.25) is 0 Å². The van der Waals surface area contributed by atoms with Gasteiger partial charge >= 0.3 is 5.97 Å². The molecule has 0 amide bonds. The van der Waals surface area contributed by atoms with Gasteiger partial charge in [-0.1, -0.05) is 18.2 Å². The van der Waals surface area contributed by atoms with E-state index in [0.29, 0.717) is 5.82 Å². The lowest BCUT2D eigenvalue weighted by molar-refractivity contribution is 0.0587. The molecule has 0 bridgehead atoms. The van der Waals surface area contributed by atoms with E-state index in [2.05, 4.69) is 19.8 Å². The Morgan fingerprint density at radius 1 is 1.21 bits per heavy atom. The molecule has 19 heavy (non-hydrogen) atoms. The molecular weight excluding hydrogens is 244 g/mol. The molecule has 0 saturated heterocycles. The number of benzene rings is 1. The monoisotopic (exact) mass is 254 g/mol. The van der Waals surface area contributed by atoms with Crippen LogP contribution in [0.3, 0.4) is 0 Å². The van der Waals surface area contributed by atoms with E-state index in [0.717, 1.165) is 10.9 Å². The van der Waals surface area contributed by atoms with Gasteiger partial charge in [-0.25, -0.2) is 19.4 Å². The summed E-state index contributed by atoms with van der Waals surface area (Å²) >= 11 is 0. The molecule has 94 valence electrons. The average Bonchev–Trinajstić information content (AvgIpc) is 2.95. The Morgan fingerprint density at radius 2 is 2.05 bits per heavy atom. The van der Waals surface area contributed by atoms with Crippen LogP contribution in [0.25, 0.3) is 16.7 Å². The van der Waals surface area contributed by atoms with Crippen LogP contribution in [0.4, 0.5) is 0 Å². The molecule has 2 aromatic heterocycles. The van der Waals surface area contributed by atoms with Crippen molar-refractivity contribution in [3.63, 3.8) is 0 Å². The zero-order chi connectivity index (χ0) is 13.2. The van der Waals surface area contributed by atoms with Gasteiger partial charge in [-0.05, 0) is 18.2 Å². The number of para-hydroxylation sites is 1. The van der Waals surface area contributed by atoms with Gasteiger partial charge in [0.25, 0.3) is 5.82 Å². The summed E-state index contributed by atoms with van der Waals surface area (Å²) in [5.74, 6) is 0.0401. The fourth-order valence-corrected chi connectivity index (χ4v) is 1.74. The topological polar surface area (TPSA) is 69.9 Å². The van der Waals surface area contributed by atoms with Crippen molar-refractivity contribution in [2.24, 2.45) is 0 Å². The first-order chi connectivity index (χ1) is 9.28. The highest BCUT2D eigenvalue weighted by Crippen LogP contribution is 2.13. The van der Waals surface area contributed by atoms with Crippen LogP contribution in [0.5, 0.6) is 0 Å². The van der Waals surface area contributed by atoms with Crippen molar-refractivity contribution in [3.05, 3.63) is 48.5 Å². The third-order valence-electron chi connectivity index (χ3n) is 2.68. The Labute approximate surface area is 108 Å². The Morgan fingerprint density at radius 3 is 2.89 bits per heavy atom. The largest absolute Gasteiger partial charge is 0.463 e. The highest BCUT2D eigenvalue weighted by molar-refractivity contribution is 5.84. The maximum atomic E-state index is 11.3. The van der Waals surface area contributed by atoms with E-state index in [-0.39, 0.29) is 5.82 Å². The number of hydrogen-bond acceptors (Lipinski definition) is 5. The standard InChI is InChI=1S/C13H10N4O2/c1-19-13(18)12-14-8-17(16-12)11-7-6-9-4-2-3-5-10(9)15-11/h2-8H,1H3. The third-order valence-corrected chi connectivity index (χ3v) is 2.68. The van der Waals surface area contributed by atoms with Gasteiger partial charge in [0.15, 0.2) is 5.82 Å². The molecule has 0 aliphatic heterocycles. The van der Waals surface area contributed by atoms with Gasteiger partial charge in [0.05, 0.1) is 12.6 Å². The van der Waals surface area contributed by atoms with Crippen molar-refractivity contribution in [3.8, 4) is 5.82 Å². The lowest BCUT2D eigenvalue weighted by Gasteiger charge is -2.01. The van der Waals surface area contributed by atoms with Crippen LogP contribution in [0.2, 0.25) is 0 Å². The summed E-state index contributed by atoms with van der Waals surface area (Å²) in [6, 6.07) is 11.5. The molecule has 0 fully saturated rings. The van der Waals surface area contributed by atoms with E-state index < -0.39 is 5.97 Å². The number of carbonyl (C=O) groups excluding carboxylic acids is 1. The first-order valence-corrected chi connectivity index (χ1v) is 5.64. The number of carbonyl (C=O) groups is 1. The molecule has 6 heteroatoms. The van der Waals surface area contributed by atoms with E-state index in [1.807, 2.05) is 36.4 Å². The van der Waals surface area contributed by atoms with Crippen LogP contribution in [0.15, 0.2) is 42.7 Å². The SMILES string of the molecule is COC(=O)c1ncn(-c2ccc3ccccc3n2)n1. The molecule has 6 nitrogen and oxygen atoms in total. The predicted octanol–water partition coefficient (Wildman–Crippen LogP) is 1.60. The summed E-state index contributed by atoms with van der Waals surface area (Å²) in [7, 11) is 1.29. The zero-order valence-electron chi connectivity index (χ0n) is 10.1. The molecule has 0 radical (unpaired) electrons. The zero-order valence-corrected chi connectivity index (χ0v) is 10.1. The molecule has 2 heterocycles. The Hall–Kier alpha value is -2.76. The van der Waals surface area contributed by atoms with Crippen molar-refractivity contribution in [2.75, 3.05) is 7.11 Å². The van der Waals surface area contributed by atoms with E-state index in [1.165, 1.54) is 18.1 Å². The quantitative estimate of drug-likeness (QED) is 0.650. The molecule has 0 N–H and O–H groups in total. The van der Waals surface area contributed by atoms with Gasteiger partial charge in [-0.3, -0.25) is 0 Å². The predicted molar refractivity (Wildman–Crippen MR) is 68.0 cm³/mol. The molecular formula is C13H10N4O2. The number of ether oxygens (including phenoxy) is 1. The highest BCUT2D eigenvalue weighted by atomic mass is 16.5. The first-order valence-electron chi connectivity index (χ1n) is 5.64. The second-order valence-electron chi connectivity index (χ2n) is 3.87. The minimum Gasteiger partial charge on any atom is -0.463 e. The number of methoxy groups -OCH3 is 1. The maximum absolute atomic E-state index is 11.3. The number of pyridine rings is 1. The summed E-state index contributed by atoms with van der Waals surface area (Å²) in [4.78, 5) is 19.6. The number of rotatable bonds is 2. The van der Waals surface area contributed by atoms with E-state index in [9.17, 15) is 4.79 Å². The molecule has 0 spiro atoms. The van der Waals surface area contributed by atoms with Gasteiger partial charge in [-0.2, -0.15) is 0 Å². The number of nitrogens with zero attached hydrogens (tertiary/aromatic N) is 4. The van der Waals surface area contributed by atoms with Crippen molar-refractivity contribution in [2.45, 2.75) is 0 Å². The Balaban J connectivity index is 2.04. The second-order valence-corrected chi connectivity index (χ2v) is 3.87. The molecule has 0 aliphatic carbocycles. The van der Waals surface area contributed by atoms with Crippen LogP contribution >= 0.6 is 0 Å². The van der Waals surface area contributed by atoms with Gasteiger partial charge in [-0.15, -0.1) is 5.10 Å². The molecule has 3 rings (SSSR count). The van der Waals surface area contributed by atoms with Gasteiger partial charge in [0.1, 0.15) is 6.33 Å². The Bertz CT molecular complexity index is 751. The average molecular weight is 254 g/mol. The minimum absolute atomic E-state index is 0.0115. The number of esters is 1. The van der Waals surface area contributed by atoms with Crippen LogP contribution in [0, 0.1) is 0 Å². The van der Waals surface area contributed by atoms with Crippen molar-refractivity contribution in [1.82, 2.24) is 19.7 Å². The lowest BCUT2D eigenvalue weighted by atomic mass is 10.2. The number of fused-ring (bicyclic) bond motifs is 1. The van der Waals surface area contributed by atoms with Crippen LogP contribution < -0.4 is 0 Å². The molecule has 3 aromatic rings. The summed E-state index contributed by atoms with van der Waals surface area (Å²) in [5.41, 5.74) is 0.857. The van der Waals surface area contributed by atoms with Crippen molar-refractivity contribution >= 4 is 16.9 Å². The number of hydrogen-bond donors (Lipinski definition) is 0. The van der Waals surface area contributed by atoms with E-state index in [1.54, 1.807) is 0 Å². The lowest BCUT2D eigenvalue weighted by Crippen LogP contribution is -2.05. The molecule has 1 aromatic carbocycles. The smallest absolute Gasteiger partial charge is 0.377 e. The summed E-state index contributed by atoms with van der Waals surface area (Å²) in [5, 5.41) is 5.07. The maximum Gasteiger partial charge on any atom is 0.377 e. The number of aromatic nitrogens is 4. The van der Waals surface area contributed by atoms with E-state index >= 15 is 0 Å². The molecule has 0 saturated carbocycles. The van der Waals surface area contributed by atoms with Crippen molar-refractivity contribution < 1.29 is 9.53 Å². The first kappa shape index (κ1) is 11.3. The molecule has 0 aliphatic rings. The summed E-state index contributed by atoms with van der Waals surface area (Å²) in [6.45, 7) is 0. The van der Waals surface area contributed by atoms with Crippen molar-refractivity contribution in [1.29, 1.82) is 0 Å². The Kier molecular flexibility index (Phi) is 2.68.